The van der Waals surface area contributed by atoms with Crippen molar-refractivity contribution >= 4 is 0 Å². The smallest absolute Gasteiger partial charge is 0.150 e. The van der Waals surface area contributed by atoms with Gasteiger partial charge in [-0.15, -0.1) is 6.42 Å². The molecule has 1 atom stereocenters. The molecule has 102 valence electrons. The van der Waals surface area contributed by atoms with E-state index in [0.717, 1.165) is 6.07 Å². The van der Waals surface area contributed by atoms with E-state index in [1.165, 1.54) is 12.1 Å². The maximum atomic E-state index is 13.7. The maximum Gasteiger partial charge on any atom is 0.150 e. The first-order chi connectivity index (χ1) is 9.50. The summed E-state index contributed by atoms with van der Waals surface area (Å²) in [4.78, 5) is 0. The summed E-state index contributed by atoms with van der Waals surface area (Å²) in [6.45, 7) is 1.79. The monoisotopic (exact) mass is 272 g/mol. The Morgan fingerprint density at radius 2 is 1.80 bits per heavy atom. The fraction of sp³-hybridized carbons (Fsp3) is 0.176. The molecule has 0 amide bonds. The van der Waals surface area contributed by atoms with Crippen LogP contribution in [-0.4, -0.2) is 5.11 Å². The van der Waals surface area contributed by atoms with E-state index in [4.69, 9.17) is 6.42 Å². The second-order valence-electron chi connectivity index (χ2n) is 4.56. The number of benzene rings is 2. The highest BCUT2D eigenvalue weighted by Gasteiger charge is 2.23. The van der Waals surface area contributed by atoms with Gasteiger partial charge in [-0.2, -0.15) is 0 Å². The highest BCUT2D eigenvalue weighted by Crippen LogP contribution is 2.28. The van der Waals surface area contributed by atoms with Crippen LogP contribution in [0.3, 0.4) is 0 Å². The average Bonchev–Trinajstić information content (AvgIpc) is 2.47. The fourth-order valence-electron chi connectivity index (χ4n) is 2.04. The molecule has 0 radical (unpaired) electrons. The number of hydrogen-bond acceptors (Lipinski definition) is 1. The van der Waals surface area contributed by atoms with Crippen LogP contribution >= 0.6 is 0 Å². The molecule has 0 aliphatic heterocycles. The summed E-state index contributed by atoms with van der Waals surface area (Å²) < 4.78 is 26.6. The van der Waals surface area contributed by atoms with Crippen LogP contribution in [0.1, 0.15) is 18.9 Å². The van der Waals surface area contributed by atoms with Gasteiger partial charge in [0.15, 0.2) is 0 Å². The third kappa shape index (κ3) is 2.56. The third-order valence-corrected chi connectivity index (χ3v) is 3.36. The summed E-state index contributed by atoms with van der Waals surface area (Å²) in [6, 6.07) is 10.0. The molecule has 0 saturated carbocycles. The standard InChI is InChI=1S/C17H14F2O/c1-3-17(20,4-2)13-7-5-12(6-8-13)15-10-9-14(18)11-16(15)19/h1,5-11,20H,4H2,2H3. The van der Waals surface area contributed by atoms with Gasteiger partial charge in [-0.1, -0.05) is 37.1 Å². The van der Waals surface area contributed by atoms with Crippen molar-refractivity contribution in [3.8, 4) is 23.5 Å². The average molecular weight is 272 g/mol. The Kier molecular flexibility index (Phi) is 3.87. The minimum Gasteiger partial charge on any atom is -0.373 e. The molecule has 0 bridgehead atoms. The zero-order valence-electron chi connectivity index (χ0n) is 11.0. The molecule has 1 N–H and O–H groups in total. The molecular formula is C17H14F2O. The van der Waals surface area contributed by atoms with Gasteiger partial charge in [-0.25, -0.2) is 8.78 Å². The molecule has 0 heterocycles. The highest BCUT2D eigenvalue weighted by atomic mass is 19.1. The van der Waals surface area contributed by atoms with Crippen molar-refractivity contribution in [2.45, 2.75) is 18.9 Å². The maximum absolute atomic E-state index is 13.7. The highest BCUT2D eigenvalue weighted by molar-refractivity contribution is 5.64. The van der Waals surface area contributed by atoms with Gasteiger partial charge in [0.1, 0.15) is 17.2 Å². The van der Waals surface area contributed by atoms with E-state index in [-0.39, 0.29) is 0 Å². The van der Waals surface area contributed by atoms with Crippen LogP contribution in [0.2, 0.25) is 0 Å². The summed E-state index contributed by atoms with van der Waals surface area (Å²) >= 11 is 0. The molecule has 0 fully saturated rings. The van der Waals surface area contributed by atoms with Gasteiger partial charge in [-0.3, -0.25) is 0 Å². The van der Waals surface area contributed by atoms with Gasteiger partial charge in [-0.05, 0) is 29.7 Å². The van der Waals surface area contributed by atoms with Crippen LogP contribution in [0.15, 0.2) is 42.5 Å². The first-order valence-electron chi connectivity index (χ1n) is 6.26. The Balaban J connectivity index is 2.41. The Labute approximate surface area is 116 Å². The number of aliphatic hydroxyl groups is 1. The van der Waals surface area contributed by atoms with E-state index in [9.17, 15) is 13.9 Å². The molecular weight excluding hydrogens is 258 g/mol. The van der Waals surface area contributed by atoms with Crippen LogP contribution in [0, 0.1) is 24.0 Å². The number of halogens is 2. The molecule has 1 unspecified atom stereocenters. The zero-order valence-corrected chi connectivity index (χ0v) is 11.0. The Bertz CT molecular complexity index is 656. The lowest BCUT2D eigenvalue weighted by atomic mass is 9.90. The minimum atomic E-state index is -1.32. The van der Waals surface area contributed by atoms with E-state index < -0.39 is 17.2 Å². The Hall–Kier alpha value is -2.18. The lowest BCUT2D eigenvalue weighted by Gasteiger charge is -2.20. The minimum absolute atomic E-state index is 0.304. The largest absolute Gasteiger partial charge is 0.373 e. The summed E-state index contributed by atoms with van der Waals surface area (Å²) in [7, 11) is 0. The van der Waals surface area contributed by atoms with E-state index in [1.807, 2.05) is 0 Å². The normalized spacial score (nSPS) is 13.6. The summed E-state index contributed by atoms with van der Waals surface area (Å²) in [5, 5.41) is 10.2. The Morgan fingerprint density at radius 1 is 1.15 bits per heavy atom. The van der Waals surface area contributed by atoms with Crippen LogP contribution in [0.4, 0.5) is 8.78 Å². The van der Waals surface area contributed by atoms with Crippen molar-refractivity contribution in [1.82, 2.24) is 0 Å². The quantitative estimate of drug-likeness (QED) is 0.841. The van der Waals surface area contributed by atoms with Crippen molar-refractivity contribution in [3.05, 3.63) is 59.7 Å². The van der Waals surface area contributed by atoms with Gasteiger partial charge in [0, 0.05) is 11.6 Å². The second-order valence-corrected chi connectivity index (χ2v) is 4.56. The molecule has 2 aromatic rings. The molecule has 1 nitrogen and oxygen atoms in total. The van der Waals surface area contributed by atoms with Gasteiger partial charge in [0.05, 0.1) is 0 Å². The first-order valence-corrected chi connectivity index (χ1v) is 6.26. The molecule has 2 rings (SSSR count). The van der Waals surface area contributed by atoms with E-state index in [0.29, 0.717) is 23.1 Å². The van der Waals surface area contributed by atoms with Crippen LogP contribution in [-0.2, 0) is 5.60 Å². The van der Waals surface area contributed by atoms with Crippen molar-refractivity contribution in [2.75, 3.05) is 0 Å². The SMILES string of the molecule is C#CC(O)(CC)c1ccc(-c2ccc(F)cc2F)cc1. The fourth-order valence-corrected chi connectivity index (χ4v) is 2.04. The summed E-state index contributed by atoms with van der Waals surface area (Å²) in [5.41, 5.74) is 0.161. The zero-order chi connectivity index (χ0) is 14.8. The van der Waals surface area contributed by atoms with Gasteiger partial charge in [0.25, 0.3) is 0 Å². The number of terminal acetylenes is 1. The van der Waals surface area contributed by atoms with Crippen molar-refractivity contribution in [2.24, 2.45) is 0 Å². The van der Waals surface area contributed by atoms with Crippen LogP contribution < -0.4 is 0 Å². The topological polar surface area (TPSA) is 20.2 Å². The molecule has 0 aliphatic carbocycles. The molecule has 0 spiro atoms. The molecule has 0 aromatic heterocycles. The molecule has 20 heavy (non-hydrogen) atoms. The van der Waals surface area contributed by atoms with Crippen molar-refractivity contribution in [3.63, 3.8) is 0 Å². The summed E-state index contributed by atoms with van der Waals surface area (Å²) in [6.07, 6.45) is 5.72. The van der Waals surface area contributed by atoms with Crippen LogP contribution in [0.5, 0.6) is 0 Å². The van der Waals surface area contributed by atoms with Crippen LogP contribution in [0.25, 0.3) is 11.1 Å². The van der Waals surface area contributed by atoms with E-state index >= 15 is 0 Å². The van der Waals surface area contributed by atoms with E-state index in [2.05, 4.69) is 5.92 Å². The lowest BCUT2D eigenvalue weighted by molar-refractivity contribution is 0.0962. The number of rotatable bonds is 3. The molecule has 3 heteroatoms. The Morgan fingerprint density at radius 3 is 2.30 bits per heavy atom. The third-order valence-electron chi connectivity index (χ3n) is 3.36. The van der Waals surface area contributed by atoms with Gasteiger partial charge < -0.3 is 5.11 Å². The van der Waals surface area contributed by atoms with Crippen molar-refractivity contribution in [1.29, 1.82) is 0 Å². The number of hydrogen-bond donors (Lipinski definition) is 1. The summed E-state index contributed by atoms with van der Waals surface area (Å²) in [5.74, 6) is 1.11. The predicted octanol–water partition coefficient (Wildman–Crippen LogP) is 3.86. The predicted molar refractivity (Wildman–Crippen MR) is 74.8 cm³/mol. The van der Waals surface area contributed by atoms with E-state index in [1.54, 1.807) is 31.2 Å². The molecule has 2 aromatic carbocycles. The van der Waals surface area contributed by atoms with Gasteiger partial charge in [0.2, 0.25) is 0 Å². The van der Waals surface area contributed by atoms with Crippen molar-refractivity contribution < 1.29 is 13.9 Å². The molecule has 0 saturated heterocycles. The van der Waals surface area contributed by atoms with Gasteiger partial charge >= 0.3 is 0 Å². The second kappa shape index (κ2) is 5.44. The first kappa shape index (κ1) is 14.2. The lowest BCUT2D eigenvalue weighted by Crippen LogP contribution is -2.21. The molecule has 0 aliphatic rings.